The van der Waals surface area contributed by atoms with Crippen molar-refractivity contribution in [1.82, 2.24) is 4.31 Å². The van der Waals surface area contributed by atoms with Crippen LogP contribution in [0.5, 0.6) is 0 Å². The average molecular weight is 284 g/mol. The first-order valence-corrected chi connectivity index (χ1v) is 7.31. The molecular formula is C12H16N2O4S. The van der Waals surface area contributed by atoms with E-state index in [9.17, 15) is 18.3 Å². The maximum Gasteiger partial charge on any atom is 0.243 e. The summed E-state index contributed by atoms with van der Waals surface area (Å²) >= 11 is 0. The topological polar surface area (TPSA) is 86.7 Å². The van der Waals surface area contributed by atoms with Gasteiger partial charge in [-0.2, -0.15) is 4.31 Å². The molecule has 0 bridgehead atoms. The number of sulfonamides is 1. The number of carbonyl (C=O) groups is 1. The Hall–Kier alpha value is -1.44. The molecule has 19 heavy (non-hydrogen) atoms. The number of nitrogens with one attached hydrogen (secondary N) is 1. The van der Waals surface area contributed by atoms with Crippen LogP contribution in [-0.4, -0.2) is 42.9 Å². The molecule has 1 aliphatic rings. The Morgan fingerprint density at radius 2 is 2.05 bits per heavy atom. The van der Waals surface area contributed by atoms with Crippen LogP contribution in [0.25, 0.3) is 0 Å². The van der Waals surface area contributed by atoms with Crippen LogP contribution in [0.2, 0.25) is 0 Å². The molecule has 1 heterocycles. The SMILES string of the molecule is CC(=O)Nc1ccc(C)c(S(=O)(=O)N2CC(O)C2)c1. The highest BCUT2D eigenvalue weighted by Crippen LogP contribution is 2.26. The van der Waals surface area contributed by atoms with E-state index in [0.717, 1.165) is 0 Å². The van der Waals surface area contributed by atoms with Crippen molar-refractivity contribution in [1.29, 1.82) is 0 Å². The Kier molecular flexibility index (Phi) is 3.62. The van der Waals surface area contributed by atoms with Gasteiger partial charge in [-0.1, -0.05) is 6.07 Å². The fourth-order valence-corrected chi connectivity index (χ4v) is 3.68. The molecule has 1 aliphatic heterocycles. The Morgan fingerprint density at radius 3 is 2.58 bits per heavy atom. The standard InChI is InChI=1S/C12H16N2O4S/c1-8-3-4-10(13-9(2)15)5-12(8)19(17,18)14-6-11(16)7-14/h3-5,11,16H,6-7H2,1-2H3,(H,13,15). The molecule has 0 aromatic heterocycles. The van der Waals surface area contributed by atoms with E-state index in [0.29, 0.717) is 11.3 Å². The van der Waals surface area contributed by atoms with Gasteiger partial charge in [-0.05, 0) is 24.6 Å². The van der Waals surface area contributed by atoms with Crippen LogP contribution in [0, 0.1) is 6.92 Å². The van der Waals surface area contributed by atoms with Gasteiger partial charge in [-0.3, -0.25) is 4.79 Å². The van der Waals surface area contributed by atoms with Crippen LogP contribution in [-0.2, 0) is 14.8 Å². The second kappa shape index (κ2) is 4.92. The number of nitrogens with zero attached hydrogens (tertiary/aromatic N) is 1. The van der Waals surface area contributed by atoms with Crippen LogP contribution in [0.3, 0.4) is 0 Å². The molecular weight excluding hydrogens is 268 g/mol. The maximum atomic E-state index is 12.3. The zero-order chi connectivity index (χ0) is 14.2. The second-order valence-electron chi connectivity index (χ2n) is 4.64. The van der Waals surface area contributed by atoms with E-state index in [1.54, 1.807) is 19.1 Å². The summed E-state index contributed by atoms with van der Waals surface area (Å²) in [4.78, 5) is 11.2. The zero-order valence-electron chi connectivity index (χ0n) is 10.8. The molecule has 1 fully saturated rings. The third-order valence-electron chi connectivity index (χ3n) is 2.96. The van der Waals surface area contributed by atoms with Crippen molar-refractivity contribution in [3.05, 3.63) is 23.8 Å². The first-order valence-electron chi connectivity index (χ1n) is 5.87. The van der Waals surface area contributed by atoms with E-state index in [1.807, 2.05) is 0 Å². The van der Waals surface area contributed by atoms with E-state index < -0.39 is 16.1 Å². The number of aryl methyl sites for hydroxylation is 1. The van der Waals surface area contributed by atoms with Crippen molar-refractivity contribution in [2.24, 2.45) is 0 Å². The number of rotatable bonds is 3. The lowest BCUT2D eigenvalue weighted by molar-refractivity contribution is -0.114. The highest BCUT2D eigenvalue weighted by Gasteiger charge is 2.36. The number of hydrogen-bond donors (Lipinski definition) is 2. The summed E-state index contributed by atoms with van der Waals surface area (Å²) in [5.74, 6) is -0.258. The number of aliphatic hydroxyl groups excluding tert-OH is 1. The molecule has 1 aromatic carbocycles. The number of hydrogen-bond acceptors (Lipinski definition) is 4. The Bertz CT molecular complexity index is 606. The minimum Gasteiger partial charge on any atom is -0.390 e. The van der Waals surface area contributed by atoms with E-state index in [-0.39, 0.29) is 23.9 Å². The van der Waals surface area contributed by atoms with Gasteiger partial charge >= 0.3 is 0 Å². The predicted octanol–water partition coefficient (Wildman–Crippen LogP) is 0.319. The highest BCUT2D eigenvalue weighted by atomic mass is 32.2. The summed E-state index contributed by atoms with van der Waals surface area (Å²) in [6, 6.07) is 4.74. The quantitative estimate of drug-likeness (QED) is 0.837. The smallest absolute Gasteiger partial charge is 0.243 e. The normalized spacial score (nSPS) is 17.0. The van der Waals surface area contributed by atoms with Crippen molar-refractivity contribution in [2.75, 3.05) is 18.4 Å². The molecule has 6 nitrogen and oxygen atoms in total. The van der Waals surface area contributed by atoms with Crippen LogP contribution < -0.4 is 5.32 Å². The van der Waals surface area contributed by atoms with Crippen LogP contribution in [0.1, 0.15) is 12.5 Å². The summed E-state index contributed by atoms with van der Waals surface area (Å²) in [6.45, 7) is 3.29. The lowest BCUT2D eigenvalue weighted by Gasteiger charge is -2.35. The summed E-state index contributed by atoms with van der Waals surface area (Å²) in [5.41, 5.74) is 1.05. The Labute approximate surface area is 112 Å². The van der Waals surface area contributed by atoms with E-state index in [1.165, 1.54) is 17.3 Å². The molecule has 0 unspecified atom stereocenters. The lowest BCUT2D eigenvalue weighted by atomic mass is 10.2. The molecule has 0 spiro atoms. The molecule has 104 valence electrons. The largest absolute Gasteiger partial charge is 0.390 e. The number of amides is 1. The molecule has 0 atom stereocenters. The van der Waals surface area contributed by atoms with Gasteiger partial charge in [0, 0.05) is 25.7 Å². The fraction of sp³-hybridized carbons (Fsp3) is 0.417. The van der Waals surface area contributed by atoms with Gasteiger partial charge in [0.05, 0.1) is 11.0 Å². The minimum absolute atomic E-state index is 0.117. The van der Waals surface area contributed by atoms with Crippen LogP contribution in [0.4, 0.5) is 5.69 Å². The number of anilines is 1. The second-order valence-corrected chi connectivity index (χ2v) is 6.54. The number of β-amino-alcohol motifs (C(OH)–C–C–N with tert-alkyl or cyclic N) is 1. The van der Waals surface area contributed by atoms with Crippen molar-refractivity contribution in [2.45, 2.75) is 24.8 Å². The van der Waals surface area contributed by atoms with E-state index in [4.69, 9.17) is 0 Å². The van der Waals surface area contributed by atoms with E-state index in [2.05, 4.69) is 5.32 Å². The maximum absolute atomic E-state index is 12.3. The van der Waals surface area contributed by atoms with Gasteiger partial charge < -0.3 is 10.4 Å². The lowest BCUT2D eigenvalue weighted by Crippen LogP contribution is -2.53. The van der Waals surface area contributed by atoms with Crippen LogP contribution >= 0.6 is 0 Å². The molecule has 0 radical (unpaired) electrons. The minimum atomic E-state index is -3.60. The zero-order valence-corrected chi connectivity index (χ0v) is 11.6. The van der Waals surface area contributed by atoms with Crippen molar-refractivity contribution < 1.29 is 18.3 Å². The molecule has 0 aliphatic carbocycles. The van der Waals surface area contributed by atoms with Gasteiger partial charge in [-0.15, -0.1) is 0 Å². The van der Waals surface area contributed by atoms with Gasteiger partial charge in [0.2, 0.25) is 15.9 Å². The monoisotopic (exact) mass is 284 g/mol. The fourth-order valence-electron chi connectivity index (χ4n) is 1.91. The van der Waals surface area contributed by atoms with Gasteiger partial charge in [0.1, 0.15) is 0 Å². The number of aliphatic hydroxyl groups is 1. The number of benzene rings is 1. The third kappa shape index (κ3) is 2.78. The van der Waals surface area contributed by atoms with Crippen molar-refractivity contribution in [3.63, 3.8) is 0 Å². The first kappa shape index (κ1) is 14.0. The molecule has 1 amide bonds. The summed E-state index contributed by atoms with van der Waals surface area (Å²) in [7, 11) is -3.60. The summed E-state index contributed by atoms with van der Waals surface area (Å²) in [5, 5.41) is 11.8. The van der Waals surface area contributed by atoms with E-state index >= 15 is 0 Å². The molecule has 2 rings (SSSR count). The predicted molar refractivity (Wildman–Crippen MR) is 70.2 cm³/mol. The Balaban J connectivity index is 2.35. The van der Waals surface area contributed by atoms with Crippen LogP contribution in [0.15, 0.2) is 23.1 Å². The molecule has 1 saturated heterocycles. The average Bonchev–Trinajstić information content (AvgIpc) is 2.26. The highest BCUT2D eigenvalue weighted by molar-refractivity contribution is 7.89. The summed E-state index contributed by atoms with van der Waals surface area (Å²) in [6.07, 6.45) is -0.589. The first-order chi connectivity index (χ1) is 8.80. The van der Waals surface area contributed by atoms with Crippen molar-refractivity contribution in [3.8, 4) is 0 Å². The third-order valence-corrected chi connectivity index (χ3v) is 4.93. The molecule has 2 N–H and O–H groups in total. The van der Waals surface area contributed by atoms with Gasteiger partial charge in [0.15, 0.2) is 0 Å². The van der Waals surface area contributed by atoms with Gasteiger partial charge in [0.25, 0.3) is 0 Å². The molecule has 0 saturated carbocycles. The number of carbonyl (C=O) groups excluding carboxylic acids is 1. The summed E-state index contributed by atoms with van der Waals surface area (Å²) < 4.78 is 25.9. The molecule has 1 aromatic rings. The van der Waals surface area contributed by atoms with Crippen molar-refractivity contribution >= 4 is 21.6 Å². The van der Waals surface area contributed by atoms with Gasteiger partial charge in [-0.25, -0.2) is 8.42 Å². The Morgan fingerprint density at radius 1 is 1.42 bits per heavy atom. The molecule has 7 heteroatoms.